The summed E-state index contributed by atoms with van der Waals surface area (Å²) in [5, 5.41) is 7.06. The van der Waals surface area contributed by atoms with Gasteiger partial charge in [-0.1, -0.05) is 153 Å². The minimum atomic E-state index is -0.143. The molecule has 0 spiro atoms. The molecule has 0 amide bonds. The van der Waals surface area contributed by atoms with E-state index in [1.165, 1.54) is 49.4 Å². The van der Waals surface area contributed by atoms with Crippen LogP contribution in [-0.2, 0) is 5.41 Å². The standard InChI is InChI=1S/C55H38N2O/c1-55(2)46-23-9-5-20-45(46)52-47(55)24-14-28-51(52)57(37-32-30-36(31-33-37)56-48-25-10-6-17-39(48)40-18-7-11-26-49(40)56)50-27-12-8-19-41(50)42-21-13-22-43-44-34-29-35-15-3-4-16-38(35)53(44)58-54(42)43/h3-34H,1-2H3. The second-order valence-electron chi connectivity index (χ2n) is 16.1. The van der Waals surface area contributed by atoms with Crippen LogP contribution in [0.2, 0.25) is 0 Å². The summed E-state index contributed by atoms with van der Waals surface area (Å²) in [4.78, 5) is 2.47. The lowest BCUT2D eigenvalue weighted by molar-refractivity contribution is 0.660. The summed E-state index contributed by atoms with van der Waals surface area (Å²) < 4.78 is 9.34. The largest absolute Gasteiger partial charge is 0.455 e. The summed E-state index contributed by atoms with van der Waals surface area (Å²) in [6.45, 7) is 4.71. The van der Waals surface area contributed by atoms with Crippen molar-refractivity contribution in [1.29, 1.82) is 0 Å². The van der Waals surface area contributed by atoms with Crippen LogP contribution < -0.4 is 4.90 Å². The second-order valence-corrected chi connectivity index (χ2v) is 16.1. The number of hydrogen-bond acceptors (Lipinski definition) is 2. The first kappa shape index (κ1) is 32.8. The van der Waals surface area contributed by atoms with Crippen LogP contribution in [0.4, 0.5) is 17.1 Å². The molecule has 3 heteroatoms. The smallest absolute Gasteiger partial charge is 0.143 e. The van der Waals surface area contributed by atoms with Gasteiger partial charge in [-0.15, -0.1) is 0 Å². The van der Waals surface area contributed by atoms with Crippen molar-refractivity contribution < 1.29 is 4.42 Å². The number of nitrogens with zero attached hydrogens (tertiary/aromatic N) is 2. The third-order valence-corrected chi connectivity index (χ3v) is 12.6. The predicted molar refractivity (Wildman–Crippen MR) is 243 cm³/mol. The Hall–Kier alpha value is -7.36. The molecule has 3 nitrogen and oxygen atoms in total. The maximum Gasteiger partial charge on any atom is 0.143 e. The second kappa shape index (κ2) is 12.3. The van der Waals surface area contributed by atoms with E-state index >= 15 is 0 Å². The molecule has 0 fully saturated rings. The Kier molecular flexibility index (Phi) is 6.98. The number of furan rings is 1. The summed E-state index contributed by atoms with van der Waals surface area (Å²) >= 11 is 0. The Labute approximate surface area is 336 Å². The molecule has 0 bridgehead atoms. The van der Waals surface area contributed by atoms with Gasteiger partial charge in [0.15, 0.2) is 0 Å². The highest BCUT2D eigenvalue weighted by Crippen LogP contribution is 2.55. The average molecular weight is 743 g/mol. The first-order chi connectivity index (χ1) is 28.6. The fraction of sp³-hybridized carbons (Fsp3) is 0.0545. The van der Waals surface area contributed by atoms with Crippen LogP contribution >= 0.6 is 0 Å². The van der Waals surface area contributed by atoms with Gasteiger partial charge in [-0.3, -0.25) is 0 Å². The molecule has 2 heterocycles. The van der Waals surface area contributed by atoms with E-state index in [1.54, 1.807) is 0 Å². The lowest BCUT2D eigenvalue weighted by Crippen LogP contribution is -2.16. The molecule has 2 aromatic heterocycles. The van der Waals surface area contributed by atoms with Gasteiger partial charge in [0, 0.05) is 60.4 Å². The van der Waals surface area contributed by atoms with Crippen LogP contribution in [0.5, 0.6) is 0 Å². The summed E-state index contributed by atoms with van der Waals surface area (Å²) in [7, 11) is 0. The fourth-order valence-electron chi connectivity index (χ4n) is 9.92. The maximum absolute atomic E-state index is 6.95. The number of benzene rings is 9. The van der Waals surface area contributed by atoms with Crippen molar-refractivity contribution in [3.63, 3.8) is 0 Å². The van der Waals surface area contributed by atoms with Gasteiger partial charge < -0.3 is 13.9 Å². The van der Waals surface area contributed by atoms with Crippen LogP contribution in [-0.4, -0.2) is 4.57 Å². The fourth-order valence-corrected chi connectivity index (χ4v) is 9.92. The molecular formula is C55H38N2O. The van der Waals surface area contributed by atoms with E-state index in [2.05, 4.69) is 217 Å². The molecule has 0 saturated carbocycles. The highest BCUT2D eigenvalue weighted by Gasteiger charge is 2.38. The van der Waals surface area contributed by atoms with Gasteiger partial charge in [0.1, 0.15) is 11.2 Å². The van der Waals surface area contributed by atoms with Crippen LogP contribution in [0.25, 0.3) is 82.5 Å². The van der Waals surface area contributed by atoms with Crippen molar-refractivity contribution in [2.24, 2.45) is 0 Å². The average Bonchev–Trinajstić information content (AvgIpc) is 3.91. The van der Waals surface area contributed by atoms with E-state index in [0.29, 0.717) is 0 Å². The van der Waals surface area contributed by atoms with Gasteiger partial charge in [0.2, 0.25) is 0 Å². The Morgan fingerprint density at radius 1 is 0.414 bits per heavy atom. The van der Waals surface area contributed by atoms with Crippen LogP contribution in [0.3, 0.4) is 0 Å². The molecule has 1 aliphatic carbocycles. The van der Waals surface area contributed by atoms with Crippen molar-refractivity contribution in [2.75, 3.05) is 4.90 Å². The molecule has 58 heavy (non-hydrogen) atoms. The lowest BCUT2D eigenvalue weighted by atomic mass is 9.82. The first-order valence-electron chi connectivity index (χ1n) is 20.1. The lowest BCUT2D eigenvalue weighted by Gasteiger charge is -2.30. The number of anilines is 3. The van der Waals surface area contributed by atoms with E-state index < -0.39 is 0 Å². The van der Waals surface area contributed by atoms with E-state index in [9.17, 15) is 0 Å². The van der Waals surface area contributed by atoms with Gasteiger partial charge in [0.05, 0.1) is 22.4 Å². The zero-order valence-corrected chi connectivity index (χ0v) is 32.3. The van der Waals surface area contributed by atoms with Crippen molar-refractivity contribution in [3.05, 3.63) is 205 Å². The quantitative estimate of drug-likeness (QED) is 0.175. The molecule has 0 radical (unpaired) electrons. The summed E-state index contributed by atoms with van der Waals surface area (Å²) in [6, 6.07) is 70.6. The Morgan fingerprint density at radius 3 is 1.78 bits per heavy atom. The predicted octanol–water partition coefficient (Wildman–Crippen LogP) is 15.3. The summed E-state index contributed by atoms with van der Waals surface area (Å²) in [5.41, 5.74) is 15.9. The Bertz CT molecular complexity index is 3380. The third-order valence-electron chi connectivity index (χ3n) is 12.6. The molecule has 0 aliphatic heterocycles. The van der Waals surface area contributed by atoms with Gasteiger partial charge in [0.25, 0.3) is 0 Å². The summed E-state index contributed by atoms with van der Waals surface area (Å²) in [5.74, 6) is 0. The summed E-state index contributed by atoms with van der Waals surface area (Å²) in [6.07, 6.45) is 0. The molecule has 0 N–H and O–H groups in total. The zero-order chi connectivity index (χ0) is 38.5. The third kappa shape index (κ3) is 4.62. The first-order valence-corrected chi connectivity index (χ1v) is 20.1. The highest BCUT2D eigenvalue weighted by atomic mass is 16.3. The topological polar surface area (TPSA) is 21.3 Å². The molecule has 9 aromatic carbocycles. The highest BCUT2D eigenvalue weighted by molar-refractivity contribution is 6.18. The van der Waals surface area contributed by atoms with Gasteiger partial charge >= 0.3 is 0 Å². The molecule has 0 unspecified atom stereocenters. The van der Waals surface area contributed by atoms with Gasteiger partial charge in [-0.05, 0) is 76.7 Å². The monoisotopic (exact) mass is 742 g/mol. The van der Waals surface area contributed by atoms with Crippen molar-refractivity contribution in [1.82, 2.24) is 4.57 Å². The molecular weight excluding hydrogens is 705 g/mol. The molecule has 12 rings (SSSR count). The van der Waals surface area contributed by atoms with Crippen molar-refractivity contribution >= 4 is 71.6 Å². The number of fused-ring (bicyclic) bond motifs is 11. The SMILES string of the molecule is CC1(C)c2ccccc2-c2c(N(c3ccc(-n4c5ccccc5c5ccccc54)cc3)c3ccccc3-c3cccc4c3oc3c5ccccc5ccc43)cccc21. The van der Waals surface area contributed by atoms with Crippen molar-refractivity contribution in [2.45, 2.75) is 19.3 Å². The molecule has 1 aliphatic rings. The number of aromatic nitrogens is 1. The Morgan fingerprint density at radius 2 is 0.983 bits per heavy atom. The molecule has 274 valence electrons. The van der Waals surface area contributed by atoms with E-state index in [0.717, 1.165) is 61.2 Å². The van der Waals surface area contributed by atoms with Gasteiger partial charge in [-0.2, -0.15) is 0 Å². The number of para-hydroxylation sites is 4. The zero-order valence-electron chi connectivity index (χ0n) is 32.3. The van der Waals surface area contributed by atoms with Crippen molar-refractivity contribution in [3.8, 4) is 27.9 Å². The molecule has 0 atom stereocenters. The maximum atomic E-state index is 6.95. The van der Waals surface area contributed by atoms with E-state index in [-0.39, 0.29) is 5.41 Å². The molecule has 11 aromatic rings. The van der Waals surface area contributed by atoms with Gasteiger partial charge in [-0.25, -0.2) is 0 Å². The molecule has 0 saturated heterocycles. The van der Waals surface area contributed by atoms with Crippen LogP contribution in [0.15, 0.2) is 199 Å². The minimum absolute atomic E-state index is 0.143. The number of hydrogen-bond donors (Lipinski definition) is 0. The normalized spacial score (nSPS) is 13.1. The number of rotatable bonds is 5. The van der Waals surface area contributed by atoms with E-state index in [1.807, 2.05) is 0 Å². The van der Waals surface area contributed by atoms with Crippen LogP contribution in [0, 0.1) is 0 Å². The van der Waals surface area contributed by atoms with E-state index in [4.69, 9.17) is 4.42 Å². The Balaban J connectivity index is 1.11. The van der Waals surface area contributed by atoms with Crippen LogP contribution in [0.1, 0.15) is 25.0 Å². The minimum Gasteiger partial charge on any atom is -0.455 e.